The number of halogens is 2. The maximum absolute atomic E-state index is 9.82. The number of aryl methyl sites for hydroxylation is 1. The zero-order chi connectivity index (χ0) is 15.7. The molecule has 0 bridgehead atoms. The number of rotatable bonds is 2. The SMILES string of the molecule is Cc1cccc(C=Nc2ccc(C#N)cc2)c1O.[Br][Ti][Br]. The van der Waals surface area contributed by atoms with Crippen LogP contribution in [0.4, 0.5) is 5.69 Å². The van der Waals surface area contributed by atoms with Crippen LogP contribution in [0.1, 0.15) is 16.7 Å². The summed E-state index contributed by atoms with van der Waals surface area (Å²) in [5.41, 5.74) is 2.85. The summed E-state index contributed by atoms with van der Waals surface area (Å²) in [6, 6.07) is 14.5. The molecule has 0 aliphatic carbocycles. The van der Waals surface area contributed by atoms with Gasteiger partial charge in [0.15, 0.2) is 0 Å². The van der Waals surface area contributed by atoms with Crippen molar-refractivity contribution in [3.05, 3.63) is 59.2 Å². The minimum absolute atomic E-state index is 0.125. The summed E-state index contributed by atoms with van der Waals surface area (Å²) in [6.45, 7) is 1.84. The van der Waals surface area contributed by atoms with Crippen LogP contribution in [-0.4, -0.2) is 11.3 Å². The van der Waals surface area contributed by atoms with Gasteiger partial charge in [-0.2, -0.15) is 5.26 Å². The van der Waals surface area contributed by atoms with E-state index in [9.17, 15) is 5.11 Å². The minimum atomic E-state index is 0.125. The molecular weight excluding hydrogens is 432 g/mol. The second-order valence-corrected chi connectivity index (χ2v) is 11.9. The van der Waals surface area contributed by atoms with Crippen LogP contribution < -0.4 is 0 Å². The molecule has 1 N–H and O–H groups in total. The topological polar surface area (TPSA) is 56.4 Å². The predicted molar refractivity (Wildman–Crippen MR) is 89.1 cm³/mol. The summed E-state index contributed by atoms with van der Waals surface area (Å²) < 4.78 is 0. The molecule has 0 unspecified atom stereocenters. The number of hydrogen-bond donors (Lipinski definition) is 1. The van der Waals surface area contributed by atoms with Gasteiger partial charge in [-0.25, -0.2) is 0 Å². The Labute approximate surface area is 145 Å². The van der Waals surface area contributed by atoms with E-state index in [-0.39, 0.29) is 20.7 Å². The Hall–Kier alpha value is -0.926. The van der Waals surface area contributed by atoms with Gasteiger partial charge >= 0.3 is 41.3 Å². The second-order valence-electron chi connectivity index (χ2n) is 4.00. The number of para-hydroxylation sites is 1. The third-order valence-electron chi connectivity index (χ3n) is 2.62. The molecule has 0 aromatic heterocycles. The predicted octanol–water partition coefficient (Wildman–Crippen LogP) is 5.01. The fourth-order valence-corrected chi connectivity index (χ4v) is 1.55. The molecule has 0 radical (unpaired) electrons. The Morgan fingerprint density at radius 1 is 1.19 bits per heavy atom. The van der Waals surface area contributed by atoms with Crippen LogP contribution >= 0.6 is 26.3 Å². The average Bonchev–Trinajstić information content (AvgIpc) is 2.50. The van der Waals surface area contributed by atoms with Crippen LogP contribution in [-0.2, 0) is 15.0 Å². The molecule has 0 heterocycles. The molecule has 0 amide bonds. The molecule has 0 saturated carbocycles. The zero-order valence-corrected chi connectivity index (χ0v) is 15.9. The van der Waals surface area contributed by atoms with Gasteiger partial charge in [0.1, 0.15) is 5.75 Å². The average molecular weight is 444 g/mol. The molecule has 2 rings (SSSR count). The van der Waals surface area contributed by atoms with Gasteiger partial charge in [0.05, 0.1) is 17.3 Å². The van der Waals surface area contributed by atoms with Crippen molar-refractivity contribution in [1.82, 2.24) is 0 Å². The molecule has 0 spiro atoms. The van der Waals surface area contributed by atoms with E-state index >= 15 is 0 Å². The van der Waals surface area contributed by atoms with Gasteiger partial charge in [0, 0.05) is 11.8 Å². The van der Waals surface area contributed by atoms with Gasteiger partial charge in [-0.15, -0.1) is 0 Å². The van der Waals surface area contributed by atoms with Crippen molar-refractivity contribution in [2.45, 2.75) is 6.92 Å². The van der Waals surface area contributed by atoms with E-state index in [1.807, 2.05) is 19.1 Å². The first-order chi connectivity index (χ1) is 10.1. The van der Waals surface area contributed by atoms with Gasteiger partial charge in [-0.05, 0) is 42.8 Å². The van der Waals surface area contributed by atoms with Crippen molar-refractivity contribution in [2.24, 2.45) is 4.99 Å². The maximum atomic E-state index is 9.82. The molecule has 0 fully saturated rings. The zero-order valence-electron chi connectivity index (χ0n) is 11.2. The van der Waals surface area contributed by atoms with Gasteiger partial charge in [-0.3, -0.25) is 4.99 Å². The molecule has 0 atom stereocenters. The summed E-state index contributed by atoms with van der Waals surface area (Å²) in [4.78, 5) is 4.26. The number of nitriles is 1. The Kier molecular flexibility index (Phi) is 8.55. The van der Waals surface area contributed by atoms with Gasteiger partial charge in [0.2, 0.25) is 0 Å². The van der Waals surface area contributed by atoms with Gasteiger partial charge < -0.3 is 5.11 Å². The van der Waals surface area contributed by atoms with Crippen LogP contribution in [0.3, 0.4) is 0 Å². The van der Waals surface area contributed by atoms with Gasteiger partial charge in [0.25, 0.3) is 0 Å². The third-order valence-corrected chi connectivity index (χ3v) is 2.62. The van der Waals surface area contributed by atoms with Gasteiger partial charge in [-0.1, -0.05) is 12.1 Å². The molecule has 2 aromatic carbocycles. The first kappa shape index (κ1) is 18.1. The van der Waals surface area contributed by atoms with E-state index in [2.05, 4.69) is 37.4 Å². The first-order valence-corrected chi connectivity index (χ1v) is 13.6. The number of phenolic OH excluding ortho intramolecular Hbond substituents is 1. The molecule has 0 saturated heterocycles. The van der Waals surface area contributed by atoms with Crippen molar-refractivity contribution >= 4 is 38.2 Å². The first-order valence-electron chi connectivity index (χ1n) is 5.91. The van der Waals surface area contributed by atoms with Crippen LogP contribution in [0.5, 0.6) is 5.75 Å². The van der Waals surface area contributed by atoms with Crippen molar-refractivity contribution in [1.29, 1.82) is 5.26 Å². The van der Waals surface area contributed by atoms with Crippen molar-refractivity contribution in [3.63, 3.8) is 0 Å². The van der Waals surface area contributed by atoms with Crippen LogP contribution in [0.25, 0.3) is 0 Å². The van der Waals surface area contributed by atoms with Crippen LogP contribution in [0.2, 0.25) is 0 Å². The van der Waals surface area contributed by atoms with Crippen molar-refractivity contribution in [2.75, 3.05) is 0 Å². The number of nitrogens with zero attached hydrogens (tertiary/aromatic N) is 2. The van der Waals surface area contributed by atoms with E-state index in [1.54, 1.807) is 36.5 Å². The Morgan fingerprint density at radius 3 is 2.38 bits per heavy atom. The number of aliphatic imine (C=N–C) groups is 1. The summed E-state index contributed by atoms with van der Waals surface area (Å²) in [5, 5.41) is 18.5. The Bertz CT molecular complexity index is 652. The number of hydrogen-bond acceptors (Lipinski definition) is 3. The number of benzene rings is 2. The molecule has 2 aromatic rings. The molecule has 0 aliphatic rings. The Morgan fingerprint density at radius 2 is 1.81 bits per heavy atom. The van der Waals surface area contributed by atoms with E-state index in [4.69, 9.17) is 5.26 Å². The van der Waals surface area contributed by atoms with Crippen LogP contribution in [0, 0.1) is 18.3 Å². The van der Waals surface area contributed by atoms with E-state index < -0.39 is 0 Å². The molecule has 106 valence electrons. The fraction of sp³-hybridized carbons (Fsp3) is 0.0667. The fourth-order valence-electron chi connectivity index (χ4n) is 1.55. The molecule has 6 heteroatoms. The van der Waals surface area contributed by atoms with E-state index in [0.717, 1.165) is 11.3 Å². The number of aromatic hydroxyl groups is 1. The third kappa shape index (κ3) is 6.15. The standard InChI is InChI=1S/C15H12N2O.2BrH.Ti/c1-11-3-2-4-13(15(11)18)10-17-14-7-5-12(9-16)6-8-14;;;/h2-8,10,18H,1H3;2*1H;/q;;;+2/p-2. The molecule has 3 nitrogen and oxygen atoms in total. The second kappa shape index (κ2) is 9.91. The van der Waals surface area contributed by atoms with E-state index in [1.165, 1.54) is 0 Å². The van der Waals surface area contributed by atoms with Crippen molar-refractivity contribution in [3.8, 4) is 11.8 Å². The Balaban J connectivity index is 0.000000677. The summed E-state index contributed by atoms with van der Waals surface area (Å²) in [5.74, 6) is 0.245. The summed E-state index contributed by atoms with van der Waals surface area (Å²) in [7, 11) is 0. The molecule has 21 heavy (non-hydrogen) atoms. The van der Waals surface area contributed by atoms with E-state index in [0.29, 0.717) is 11.1 Å². The normalized spacial score (nSPS) is 9.62. The van der Waals surface area contributed by atoms with Crippen molar-refractivity contribution < 1.29 is 20.1 Å². The van der Waals surface area contributed by atoms with Crippen LogP contribution in [0.15, 0.2) is 47.5 Å². The molecular formula is C15H12Br2N2OTi. The number of phenols is 1. The molecule has 0 aliphatic heterocycles. The quantitative estimate of drug-likeness (QED) is 0.523. The monoisotopic (exact) mass is 442 g/mol. The summed E-state index contributed by atoms with van der Waals surface area (Å²) in [6.07, 6.45) is 1.61. The summed E-state index contributed by atoms with van der Waals surface area (Å²) >= 11 is 6.50.